The summed E-state index contributed by atoms with van der Waals surface area (Å²) in [5, 5.41) is 11.5. The van der Waals surface area contributed by atoms with Crippen molar-refractivity contribution in [2.45, 2.75) is 18.4 Å². The summed E-state index contributed by atoms with van der Waals surface area (Å²) in [4.78, 5) is 12.8. The number of carboxylic acids is 1. The molecule has 166 valence electrons. The lowest BCUT2D eigenvalue weighted by Gasteiger charge is -2.17. The molecule has 8 heteroatoms. The van der Waals surface area contributed by atoms with Crippen molar-refractivity contribution in [2.75, 3.05) is 0 Å². The van der Waals surface area contributed by atoms with E-state index >= 15 is 0 Å². The second kappa shape index (κ2) is 9.36. The highest BCUT2D eigenvalue weighted by Gasteiger charge is 2.23. The number of sulfonamides is 1. The second-order valence-corrected chi connectivity index (χ2v) is 10.1. The Hall–Kier alpha value is -3.80. The number of benzene rings is 2. The van der Waals surface area contributed by atoms with E-state index < -0.39 is 16.0 Å². The minimum absolute atomic E-state index is 0.0733. The molecule has 0 amide bonds. The summed E-state index contributed by atoms with van der Waals surface area (Å²) in [5.41, 5.74) is 1.81. The lowest BCUT2D eigenvalue weighted by Crippen LogP contribution is -2.26. The van der Waals surface area contributed by atoms with Crippen molar-refractivity contribution in [1.29, 1.82) is 0 Å². The Balaban J connectivity index is 1.82. The van der Waals surface area contributed by atoms with Gasteiger partial charge in [-0.25, -0.2) is 17.5 Å². The van der Waals surface area contributed by atoms with Crippen molar-refractivity contribution in [3.05, 3.63) is 106 Å². The Morgan fingerprint density at radius 1 is 1.03 bits per heavy atom. The molecule has 6 nitrogen and oxygen atoms in total. The van der Waals surface area contributed by atoms with Crippen molar-refractivity contribution in [2.24, 2.45) is 0 Å². The van der Waals surface area contributed by atoms with Crippen LogP contribution in [0.2, 0.25) is 0 Å². The summed E-state index contributed by atoms with van der Waals surface area (Å²) in [6.07, 6.45) is 3.44. The van der Waals surface area contributed by atoms with Crippen LogP contribution in [0, 0.1) is 18.9 Å². The van der Waals surface area contributed by atoms with Crippen molar-refractivity contribution < 1.29 is 18.3 Å². The first-order valence-corrected chi connectivity index (χ1v) is 12.3. The predicted molar refractivity (Wildman–Crippen MR) is 128 cm³/mol. The Labute approximate surface area is 196 Å². The van der Waals surface area contributed by atoms with E-state index in [2.05, 4.69) is 12.0 Å². The quantitative estimate of drug-likeness (QED) is 0.322. The van der Waals surface area contributed by atoms with Gasteiger partial charge in [0.05, 0.1) is 28.3 Å². The van der Waals surface area contributed by atoms with Crippen molar-refractivity contribution in [1.82, 2.24) is 8.87 Å². The third-order valence-corrected chi connectivity index (χ3v) is 7.46. The summed E-state index contributed by atoms with van der Waals surface area (Å²) in [5.74, 6) is 1.82. The highest BCUT2D eigenvalue weighted by Crippen LogP contribution is 2.23. The zero-order valence-electron chi connectivity index (χ0n) is 17.7. The van der Waals surface area contributed by atoms with Crippen LogP contribution in [0.25, 0.3) is 5.69 Å². The summed E-state index contributed by atoms with van der Waals surface area (Å²) in [7, 11) is -3.91. The number of thiophene rings is 1. The molecule has 0 aliphatic rings. The molecular weight excluding hydrogens is 456 g/mol. The lowest BCUT2D eigenvalue weighted by atomic mass is 10.1. The molecule has 0 radical (unpaired) electrons. The van der Waals surface area contributed by atoms with Crippen LogP contribution in [-0.4, -0.2) is 28.4 Å². The number of hydrogen-bond acceptors (Lipinski definition) is 4. The van der Waals surface area contributed by atoms with Gasteiger partial charge in [0.25, 0.3) is 10.0 Å². The van der Waals surface area contributed by atoms with Gasteiger partial charge in [-0.3, -0.25) is 0 Å². The highest BCUT2D eigenvalue weighted by molar-refractivity contribution is 7.89. The van der Waals surface area contributed by atoms with Crippen LogP contribution in [0.4, 0.5) is 0 Å². The number of aromatic carboxylic acids is 1. The number of aromatic nitrogens is 1. The molecule has 33 heavy (non-hydrogen) atoms. The number of para-hydroxylation sites is 1. The Kier molecular flexibility index (Phi) is 6.36. The first kappa shape index (κ1) is 22.4. The number of carbonyl (C=O) groups is 1. The molecular formula is C25H20N2O4S2. The first-order valence-electron chi connectivity index (χ1n) is 9.99. The molecule has 0 fully saturated rings. The largest absolute Gasteiger partial charge is 0.478 e. The minimum atomic E-state index is -3.91. The Morgan fingerprint density at radius 3 is 2.39 bits per heavy atom. The van der Waals surface area contributed by atoms with Gasteiger partial charge in [-0.1, -0.05) is 29.8 Å². The normalized spacial score (nSPS) is 10.9. The summed E-state index contributed by atoms with van der Waals surface area (Å²) < 4.78 is 29.6. The third-order valence-electron chi connectivity index (χ3n) is 4.93. The highest BCUT2D eigenvalue weighted by atomic mass is 32.2. The molecule has 0 saturated heterocycles. The van der Waals surface area contributed by atoms with Crippen LogP contribution in [0.15, 0.2) is 89.4 Å². The SMILES string of the molecule is Cc1ccc(S(=O)(=O)N(C#Cc2cccc(C(=O)O)c2-n2cccc2)Cc2cccs2)cc1. The van der Waals surface area contributed by atoms with Crippen LogP contribution in [0.1, 0.15) is 26.4 Å². The maximum atomic E-state index is 13.4. The van der Waals surface area contributed by atoms with E-state index in [0.29, 0.717) is 11.3 Å². The van der Waals surface area contributed by atoms with Crippen molar-refractivity contribution in [3.8, 4) is 17.7 Å². The Bertz CT molecular complexity index is 1430. The van der Waals surface area contributed by atoms with Gasteiger partial charge in [0.15, 0.2) is 0 Å². The topological polar surface area (TPSA) is 79.6 Å². The maximum Gasteiger partial charge on any atom is 0.337 e. The van der Waals surface area contributed by atoms with E-state index in [9.17, 15) is 18.3 Å². The molecule has 0 spiro atoms. The average Bonchev–Trinajstić information content (AvgIpc) is 3.51. The van der Waals surface area contributed by atoms with Crippen molar-refractivity contribution in [3.63, 3.8) is 0 Å². The smallest absolute Gasteiger partial charge is 0.337 e. The summed E-state index contributed by atoms with van der Waals surface area (Å²) in [6.45, 7) is 1.97. The second-order valence-electron chi connectivity index (χ2n) is 7.24. The van der Waals surface area contributed by atoms with E-state index in [0.717, 1.165) is 14.7 Å². The molecule has 2 aromatic heterocycles. The Morgan fingerprint density at radius 2 is 1.76 bits per heavy atom. The molecule has 4 aromatic rings. The van der Waals surface area contributed by atoms with E-state index in [1.54, 1.807) is 65.5 Å². The van der Waals surface area contributed by atoms with Crippen LogP contribution < -0.4 is 0 Å². The summed E-state index contributed by atoms with van der Waals surface area (Å²) >= 11 is 1.44. The van der Waals surface area contributed by atoms with Gasteiger partial charge in [0, 0.05) is 23.3 Å². The maximum absolute atomic E-state index is 13.4. The number of hydrogen-bond donors (Lipinski definition) is 1. The number of nitrogens with zero attached hydrogens (tertiary/aromatic N) is 2. The van der Waals surface area contributed by atoms with Crippen LogP contribution in [-0.2, 0) is 16.6 Å². The van der Waals surface area contributed by atoms with Crippen molar-refractivity contribution >= 4 is 27.3 Å². The molecule has 1 N–H and O–H groups in total. The van der Waals surface area contributed by atoms with Crippen LogP contribution in [0.3, 0.4) is 0 Å². The van der Waals surface area contributed by atoms with Crippen LogP contribution >= 0.6 is 11.3 Å². The van der Waals surface area contributed by atoms with E-state index in [4.69, 9.17) is 0 Å². The fourth-order valence-electron chi connectivity index (χ4n) is 3.27. The number of carboxylic acid groups (broad SMARTS) is 1. The fourth-order valence-corrected chi connectivity index (χ4v) is 5.25. The van der Waals surface area contributed by atoms with Gasteiger partial charge >= 0.3 is 5.97 Å². The van der Waals surface area contributed by atoms with Gasteiger partial charge < -0.3 is 9.67 Å². The average molecular weight is 477 g/mol. The molecule has 0 saturated carbocycles. The van der Waals surface area contributed by atoms with Gasteiger partial charge in [0.1, 0.15) is 0 Å². The number of rotatable bonds is 6. The van der Waals surface area contributed by atoms with E-state index in [1.165, 1.54) is 17.4 Å². The standard InChI is InChI=1S/C25H20N2O4S2/c1-19-9-11-22(12-10-19)33(30,31)27(18-21-7-5-17-32-21)16-13-20-6-4-8-23(25(28)29)24(20)26-14-2-3-15-26/h2-12,14-15,17H,18H2,1H3,(H,28,29). The summed E-state index contributed by atoms with van der Waals surface area (Å²) in [6, 6.07) is 21.4. The van der Waals surface area contributed by atoms with E-state index in [1.807, 2.05) is 24.4 Å². The van der Waals surface area contributed by atoms with E-state index in [-0.39, 0.29) is 17.0 Å². The zero-order chi connectivity index (χ0) is 23.4. The molecule has 2 heterocycles. The predicted octanol–water partition coefficient (Wildman–Crippen LogP) is 4.75. The third kappa shape index (κ3) is 4.85. The molecule has 0 aliphatic carbocycles. The molecule has 2 aromatic carbocycles. The van der Waals surface area contributed by atoms with Gasteiger partial charge in [-0.15, -0.1) is 11.3 Å². The molecule has 0 bridgehead atoms. The molecule has 4 rings (SSSR count). The van der Waals surface area contributed by atoms with Gasteiger partial charge in [-0.2, -0.15) is 0 Å². The fraction of sp³-hybridized carbons (Fsp3) is 0.0800. The van der Waals surface area contributed by atoms with Gasteiger partial charge in [-0.05, 0) is 60.7 Å². The molecule has 0 unspecified atom stereocenters. The van der Waals surface area contributed by atoms with Crippen LogP contribution in [0.5, 0.6) is 0 Å². The number of aryl methyl sites for hydroxylation is 1. The minimum Gasteiger partial charge on any atom is -0.478 e. The first-order chi connectivity index (χ1) is 15.9. The molecule has 0 aliphatic heterocycles. The van der Waals surface area contributed by atoms with Gasteiger partial charge in [0.2, 0.25) is 0 Å². The monoisotopic (exact) mass is 476 g/mol. The zero-order valence-corrected chi connectivity index (χ0v) is 19.3. The lowest BCUT2D eigenvalue weighted by molar-refractivity contribution is 0.0697. The molecule has 0 atom stereocenters.